The van der Waals surface area contributed by atoms with Crippen molar-refractivity contribution in [2.45, 2.75) is 19.8 Å². The topological polar surface area (TPSA) is 79.6 Å². The maximum atomic E-state index is 12.7. The number of nitrogens with zero attached hydrogens (tertiary/aromatic N) is 2. The van der Waals surface area contributed by atoms with Crippen LogP contribution in [0.15, 0.2) is 33.8 Å². The number of thioether (sulfide) groups is 1. The van der Waals surface area contributed by atoms with Gasteiger partial charge in [0, 0.05) is 41.5 Å². The highest BCUT2D eigenvalue weighted by molar-refractivity contribution is 9.10. The Morgan fingerprint density at radius 3 is 2.78 bits per heavy atom. The lowest BCUT2D eigenvalue weighted by Crippen LogP contribution is -2.29. The zero-order valence-corrected chi connectivity index (χ0v) is 17.5. The molecule has 1 aromatic carbocycles. The van der Waals surface area contributed by atoms with Crippen molar-refractivity contribution in [3.05, 3.63) is 39.3 Å². The Hall–Kier alpha value is -1.97. The maximum Gasteiger partial charge on any atom is 0.303 e. The maximum absolute atomic E-state index is 12.7. The molecule has 1 amide bonds. The molecule has 0 radical (unpaired) electrons. The first-order valence-corrected chi connectivity index (χ1v) is 10.1. The molecule has 1 aromatic heterocycles. The number of aliphatic carboxylic acids is 1. The fourth-order valence-corrected chi connectivity index (χ4v) is 4.49. The largest absolute Gasteiger partial charge is 0.481 e. The van der Waals surface area contributed by atoms with E-state index in [1.165, 1.54) is 23.6 Å². The van der Waals surface area contributed by atoms with Crippen molar-refractivity contribution in [3.8, 4) is 0 Å². The van der Waals surface area contributed by atoms with E-state index in [1.54, 1.807) is 16.8 Å². The van der Waals surface area contributed by atoms with Crippen LogP contribution < -0.4 is 0 Å². The van der Waals surface area contributed by atoms with E-state index in [0.717, 1.165) is 20.9 Å². The molecule has 0 bridgehead atoms. The van der Waals surface area contributed by atoms with Gasteiger partial charge in [0.05, 0.1) is 10.4 Å². The Labute approximate surface area is 173 Å². The van der Waals surface area contributed by atoms with Crippen LogP contribution in [0, 0.1) is 0 Å². The summed E-state index contributed by atoms with van der Waals surface area (Å²) in [5.41, 5.74) is 1.50. The SMILES string of the molecule is CC(=O)n1cc(C=C2SC(=S)N(CCCC(=O)O)C2=O)c2cc(Br)ccc21. The summed E-state index contributed by atoms with van der Waals surface area (Å²) >= 11 is 9.88. The fraction of sp³-hybridized carbons (Fsp3) is 0.222. The molecule has 0 spiro atoms. The molecule has 0 unspecified atom stereocenters. The third kappa shape index (κ3) is 4.15. The number of aromatic nitrogens is 1. The number of rotatable bonds is 5. The zero-order valence-electron chi connectivity index (χ0n) is 14.3. The molecule has 2 aromatic rings. The lowest BCUT2D eigenvalue weighted by atomic mass is 10.1. The van der Waals surface area contributed by atoms with Gasteiger partial charge in [0.2, 0.25) is 5.91 Å². The Kier molecular flexibility index (Phi) is 5.83. The van der Waals surface area contributed by atoms with Crippen LogP contribution in [0.5, 0.6) is 0 Å². The summed E-state index contributed by atoms with van der Waals surface area (Å²) in [6, 6.07) is 5.59. The number of carboxylic acid groups (broad SMARTS) is 1. The monoisotopic (exact) mass is 466 g/mol. The van der Waals surface area contributed by atoms with Crippen LogP contribution in [0.1, 0.15) is 30.1 Å². The van der Waals surface area contributed by atoms with E-state index in [9.17, 15) is 14.4 Å². The van der Waals surface area contributed by atoms with Crippen molar-refractivity contribution in [2.75, 3.05) is 6.54 Å². The van der Waals surface area contributed by atoms with Crippen molar-refractivity contribution in [1.82, 2.24) is 9.47 Å². The van der Waals surface area contributed by atoms with Crippen molar-refractivity contribution in [3.63, 3.8) is 0 Å². The first-order chi connectivity index (χ1) is 12.8. The van der Waals surface area contributed by atoms with Gasteiger partial charge in [-0.2, -0.15) is 0 Å². The first kappa shape index (κ1) is 19.8. The molecule has 27 heavy (non-hydrogen) atoms. The summed E-state index contributed by atoms with van der Waals surface area (Å²) in [4.78, 5) is 37.1. The number of carbonyl (C=O) groups is 3. The van der Waals surface area contributed by atoms with Crippen LogP contribution in [-0.4, -0.2) is 43.2 Å². The number of carboxylic acids is 1. The standard InChI is InChI=1S/C18H15BrN2O4S2/c1-10(22)21-9-11(13-8-12(19)4-5-14(13)21)7-15-17(25)20(18(26)27-15)6-2-3-16(23)24/h4-5,7-9H,2-3,6H2,1H3,(H,23,24). The second kappa shape index (κ2) is 7.95. The number of hydrogen-bond donors (Lipinski definition) is 1. The van der Waals surface area contributed by atoms with Crippen LogP contribution in [-0.2, 0) is 9.59 Å². The number of halogens is 1. The fourth-order valence-electron chi connectivity index (χ4n) is 2.83. The Morgan fingerprint density at radius 2 is 2.11 bits per heavy atom. The van der Waals surface area contributed by atoms with Crippen LogP contribution >= 0.6 is 39.9 Å². The Balaban J connectivity index is 1.94. The van der Waals surface area contributed by atoms with Gasteiger partial charge in [-0.3, -0.25) is 23.9 Å². The normalized spacial score (nSPS) is 15.9. The van der Waals surface area contributed by atoms with E-state index in [4.69, 9.17) is 17.3 Å². The second-order valence-corrected chi connectivity index (χ2v) is 8.56. The summed E-state index contributed by atoms with van der Waals surface area (Å²) < 4.78 is 2.82. The van der Waals surface area contributed by atoms with Crippen molar-refractivity contribution in [1.29, 1.82) is 0 Å². The lowest BCUT2D eigenvalue weighted by Gasteiger charge is -2.13. The van der Waals surface area contributed by atoms with Gasteiger partial charge in [-0.15, -0.1) is 0 Å². The summed E-state index contributed by atoms with van der Waals surface area (Å²) in [5, 5.41) is 9.59. The summed E-state index contributed by atoms with van der Waals surface area (Å²) in [6.07, 6.45) is 3.75. The van der Waals surface area contributed by atoms with Gasteiger partial charge < -0.3 is 5.11 Å². The van der Waals surface area contributed by atoms with Gasteiger partial charge in [-0.1, -0.05) is 39.9 Å². The number of carbonyl (C=O) groups excluding carboxylic acids is 2. The molecule has 1 aliphatic rings. The van der Waals surface area contributed by atoms with Crippen molar-refractivity contribution >= 4 is 79.0 Å². The van der Waals surface area contributed by atoms with E-state index in [0.29, 0.717) is 15.6 Å². The average molecular weight is 467 g/mol. The third-order valence-electron chi connectivity index (χ3n) is 4.07. The first-order valence-electron chi connectivity index (χ1n) is 8.06. The number of hydrogen-bond acceptors (Lipinski definition) is 5. The highest BCUT2D eigenvalue weighted by Crippen LogP contribution is 2.35. The van der Waals surface area contributed by atoms with Crippen molar-refractivity contribution in [2.24, 2.45) is 0 Å². The smallest absolute Gasteiger partial charge is 0.303 e. The van der Waals surface area contributed by atoms with E-state index < -0.39 is 5.97 Å². The molecule has 9 heteroatoms. The Morgan fingerprint density at radius 1 is 1.37 bits per heavy atom. The van der Waals surface area contributed by atoms with Gasteiger partial charge in [0.15, 0.2) is 0 Å². The number of amides is 1. The van der Waals surface area contributed by atoms with E-state index >= 15 is 0 Å². The molecule has 1 saturated heterocycles. The van der Waals surface area contributed by atoms with Gasteiger partial charge in [0.1, 0.15) is 4.32 Å². The van der Waals surface area contributed by atoms with E-state index in [2.05, 4.69) is 15.9 Å². The lowest BCUT2D eigenvalue weighted by molar-refractivity contribution is -0.137. The van der Waals surface area contributed by atoms with Crippen molar-refractivity contribution < 1.29 is 19.5 Å². The molecule has 1 aliphatic heterocycles. The zero-order chi connectivity index (χ0) is 19.7. The molecule has 0 aliphatic carbocycles. The molecular formula is C18H15BrN2O4S2. The molecule has 0 saturated carbocycles. The Bertz CT molecular complexity index is 1010. The minimum absolute atomic E-state index is 0.0176. The van der Waals surface area contributed by atoms with Crippen LogP contribution in [0.25, 0.3) is 17.0 Å². The molecule has 3 rings (SSSR count). The summed E-state index contributed by atoms with van der Waals surface area (Å²) in [5.74, 6) is -1.27. The molecule has 0 atom stereocenters. The van der Waals surface area contributed by atoms with E-state index in [-0.39, 0.29) is 24.8 Å². The predicted octanol–water partition coefficient (Wildman–Crippen LogP) is 4.13. The predicted molar refractivity (Wildman–Crippen MR) is 113 cm³/mol. The molecule has 1 fully saturated rings. The van der Waals surface area contributed by atoms with Crippen LogP contribution in [0.2, 0.25) is 0 Å². The van der Waals surface area contributed by atoms with Gasteiger partial charge in [-0.25, -0.2) is 0 Å². The quantitative estimate of drug-likeness (QED) is 0.526. The second-order valence-electron chi connectivity index (χ2n) is 5.97. The minimum atomic E-state index is -0.904. The van der Waals surface area contributed by atoms with E-state index in [1.807, 2.05) is 18.2 Å². The molecule has 1 N–H and O–H groups in total. The minimum Gasteiger partial charge on any atom is -0.481 e. The highest BCUT2D eigenvalue weighted by atomic mass is 79.9. The molecule has 6 nitrogen and oxygen atoms in total. The number of benzene rings is 1. The summed E-state index contributed by atoms with van der Waals surface area (Å²) in [7, 11) is 0. The van der Waals surface area contributed by atoms with Crippen LogP contribution in [0.3, 0.4) is 0 Å². The van der Waals surface area contributed by atoms with Gasteiger partial charge in [-0.05, 0) is 30.7 Å². The average Bonchev–Trinajstić information content (AvgIpc) is 3.07. The van der Waals surface area contributed by atoms with Gasteiger partial charge in [0.25, 0.3) is 5.91 Å². The molecular weight excluding hydrogens is 452 g/mol. The van der Waals surface area contributed by atoms with Gasteiger partial charge >= 0.3 is 5.97 Å². The number of thiocarbonyl (C=S) groups is 1. The highest BCUT2D eigenvalue weighted by Gasteiger charge is 2.32. The number of fused-ring (bicyclic) bond motifs is 1. The van der Waals surface area contributed by atoms with Crippen LogP contribution in [0.4, 0.5) is 0 Å². The molecule has 2 heterocycles. The molecule has 140 valence electrons. The third-order valence-corrected chi connectivity index (χ3v) is 5.94. The summed E-state index contributed by atoms with van der Waals surface area (Å²) in [6.45, 7) is 1.75.